The van der Waals surface area contributed by atoms with E-state index in [1.807, 2.05) is 44.2 Å². The van der Waals surface area contributed by atoms with Gasteiger partial charge >= 0.3 is 5.97 Å². The monoisotopic (exact) mass is 340 g/mol. The molecule has 0 atom stereocenters. The van der Waals surface area contributed by atoms with E-state index >= 15 is 0 Å². The van der Waals surface area contributed by atoms with E-state index in [4.69, 9.17) is 4.74 Å². The zero-order valence-electron chi connectivity index (χ0n) is 15.0. The minimum Gasteiger partial charge on any atom is -0.452 e. The summed E-state index contributed by atoms with van der Waals surface area (Å²) in [6, 6.07) is 10.00. The highest BCUT2D eigenvalue weighted by atomic mass is 16.5. The van der Waals surface area contributed by atoms with Crippen LogP contribution in [0, 0.1) is 13.8 Å². The normalized spacial score (nSPS) is 13.6. The molecule has 0 spiro atoms. The SMILES string of the molecule is CCc1cccc(NC(=O)COC(=O)c2cc(C)n(C3CC3)c2C)c1. The molecule has 0 saturated heterocycles. The fraction of sp³-hybridized carbons (Fsp3) is 0.400. The van der Waals surface area contributed by atoms with Crippen LogP contribution in [0.3, 0.4) is 0 Å². The summed E-state index contributed by atoms with van der Waals surface area (Å²) in [6.45, 7) is 5.69. The first-order valence-electron chi connectivity index (χ1n) is 8.74. The lowest BCUT2D eigenvalue weighted by atomic mass is 10.1. The van der Waals surface area contributed by atoms with Gasteiger partial charge in [-0.3, -0.25) is 4.79 Å². The maximum atomic E-state index is 12.3. The Balaban J connectivity index is 1.58. The van der Waals surface area contributed by atoms with Crippen molar-refractivity contribution in [3.05, 3.63) is 52.8 Å². The third-order valence-corrected chi connectivity index (χ3v) is 4.57. The highest BCUT2D eigenvalue weighted by Crippen LogP contribution is 2.38. The van der Waals surface area contributed by atoms with Gasteiger partial charge in [-0.2, -0.15) is 0 Å². The van der Waals surface area contributed by atoms with Crippen molar-refractivity contribution < 1.29 is 14.3 Å². The number of carbonyl (C=O) groups is 2. The van der Waals surface area contributed by atoms with Crippen LogP contribution in [0.15, 0.2) is 30.3 Å². The Morgan fingerprint density at radius 1 is 1.24 bits per heavy atom. The van der Waals surface area contributed by atoms with Gasteiger partial charge in [0.15, 0.2) is 6.61 Å². The predicted molar refractivity (Wildman–Crippen MR) is 96.9 cm³/mol. The fourth-order valence-corrected chi connectivity index (χ4v) is 3.15. The molecule has 1 N–H and O–H groups in total. The molecule has 25 heavy (non-hydrogen) atoms. The van der Waals surface area contributed by atoms with Gasteiger partial charge in [0.05, 0.1) is 5.56 Å². The number of aryl methyl sites for hydroxylation is 2. The van der Waals surface area contributed by atoms with Gasteiger partial charge in [0.1, 0.15) is 0 Å². The molecule has 1 aliphatic rings. The van der Waals surface area contributed by atoms with Crippen LogP contribution in [-0.4, -0.2) is 23.1 Å². The van der Waals surface area contributed by atoms with Crippen molar-refractivity contribution in [1.29, 1.82) is 0 Å². The number of ether oxygens (including phenoxy) is 1. The number of anilines is 1. The van der Waals surface area contributed by atoms with E-state index in [1.165, 1.54) is 0 Å². The molecule has 1 aromatic heterocycles. The molecule has 1 fully saturated rings. The molecule has 0 unspecified atom stereocenters. The lowest BCUT2D eigenvalue weighted by molar-refractivity contribution is -0.119. The number of amides is 1. The second-order valence-electron chi connectivity index (χ2n) is 6.56. The highest BCUT2D eigenvalue weighted by Gasteiger charge is 2.28. The summed E-state index contributed by atoms with van der Waals surface area (Å²) in [5.41, 5.74) is 4.38. The summed E-state index contributed by atoms with van der Waals surface area (Å²) in [4.78, 5) is 24.3. The second kappa shape index (κ2) is 7.13. The molecule has 1 saturated carbocycles. The molecule has 1 heterocycles. The zero-order chi connectivity index (χ0) is 18.0. The summed E-state index contributed by atoms with van der Waals surface area (Å²) in [6.07, 6.45) is 3.21. The Bertz CT molecular complexity index is 803. The molecule has 0 aliphatic heterocycles. The van der Waals surface area contributed by atoms with E-state index in [0.29, 0.717) is 17.3 Å². The quantitative estimate of drug-likeness (QED) is 0.814. The van der Waals surface area contributed by atoms with Gasteiger partial charge in [0.25, 0.3) is 5.91 Å². The van der Waals surface area contributed by atoms with Gasteiger partial charge in [0, 0.05) is 23.1 Å². The van der Waals surface area contributed by atoms with Gasteiger partial charge in [0.2, 0.25) is 0 Å². The second-order valence-corrected chi connectivity index (χ2v) is 6.56. The van der Waals surface area contributed by atoms with Gasteiger partial charge in [-0.05, 0) is 56.9 Å². The molecule has 1 aromatic carbocycles. The Kier molecular flexibility index (Phi) is 4.93. The van der Waals surface area contributed by atoms with E-state index in [1.54, 1.807) is 0 Å². The Morgan fingerprint density at radius 3 is 2.68 bits per heavy atom. The van der Waals surface area contributed by atoms with E-state index in [2.05, 4.69) is 16.8 Å². The van der Waals surface area contributed by atoms with Crippen LogP contribution < -0.4 is 5.32 Å². The Hall–Kier alpha value is -2.56. The third-order valence-electron chi connectivity index (χ3n) is 4.57. The maximum absolute atomic E-state index is 12.3. The summed E-state index contributed by atoms with van der Waals surface area (Å²) >= 11 is 0. The molecule has 2 aromatic rings. The average Bonchev–Trinajstić information content (AvgIpc) is 3.38. The van der Waals surface area contributed by atoms with E-state index in [9.17, 15) is 9.59 Å². The molecule has 132 valence electrons. The van der Waals surface area contributed by atoms with Crippen molar-refractivity contribution in [2.45, 2.75) is 46.1 Å². The fourth-order valence-electron chi connectivity index (χ4n) is 3.15. The minimum absolute atomic E-state index is 0.289. The van der Waals surface area contributed by atoms with Gasteiger partial charge in [-0.15, -0.1) is 0 Å². The van der Waals surface area contributed by atoms with Crippen LogP contribution in [0.2, 0.25) is 0 Å². The molecule has 3 rings (SSSR count). The van der Waals surface area contributed by atoms with Crippen molar-refractivity contribution in [3.63, 3.8) is 0 Å². The van der Waals surface area contributed by atoms with Crippen molar-refractivity contribution in [1.82, 2.24) is 4.57 Å². The van der Waals surface area contributed by atoms with Gasteiger partial charge < -0.3 is 14.6 Å². The number of carbonyl (C=O) groups excluding carboxylic acids is 2. The topological polar surface area (TPSA) is 60.3 Å². The number of nitrogens with zero attached hydrogens (tertiary/aromatic N) is 1. The van der Waals surface area contributed by atoms with Crippen molar-refractivity contribution in [2.24, 2.45) is 0 Å². The van der Waals surface area contributed by atoms with Crippen molar-refractivity contribution in [3.8, 4) is 0 Å². The number of hydrogen-bond donors (Lipinski definition) is 1. The number of benzene rings is 1. The number of nitrogens with one attached hydrogen (secondary N) is 1. The molecule has 5 heteroatoms. The first-order valence-corrected chi connectivity index (χ1v) is 8.74. The molecular formula is C20H24N2O3. The minimum atomic E-state index is -0.447. The molecule has 1 amide bonds. The lowest BCUT2D eigenvalue weighted by Crippen LogP contribution is -2.21. The molecule has 5 nitrogen and oxygen atoms in total. The summed E-state index contributed by atoms with van der Waals surface area (Å²) in [5.74, 6) is -0.782. The summed E-state index contributed by atoms with van der Waals surface area (Å²) < 4.78 is 7.39. The van der Waals surface area contributed by atoms with Crippen LogP contribution >= 0.6 is 0 Å². The summed E-state index contributed by atoms with van der Waals surface area (Å²) in [7, 11) is 0. The van der Waals surface area contributed by atoms with Crippen LogP contribution in [0.4, 0.5) is 5.69 Å². The standard InChI is InChI=1S/C20H24N2O3/c1-4-15-6-5-7-16(11-15)21-19(23)12-25-20(24)18-10-13(2)22(14(18)3)17-8-9-17/h5-7,10-11,17H,4,8-9,12H2,1-3H3,(H,21,23). The molecule has 1 aliphatic carbocycles. The molecule has 0 radical (unpaired) electrons. The smallest absolute Gasteiger partial charge is 0.340 e. The number of hydrogen-bond acceptors (Lipinski definition) is 3. The van der Waals surface area contributed by atoms with Crippen LogP contribution in [0.25, 0.3) is 0 Å². The highest BCUT2D eigenvalue weighted by molar-refractivity contribution is 5.96. The largest absolute Gasteiger partial charge is 0.452 e. The zero-order valence-corrected chi connectivity index (χ0v) is 15.0. The number of aromatic nitrogens is 1. The molecule has 0 bridgehead atoms. The van der Waals surface area contributed by atoms with E-state index < -0.39 is 5.97 Å². The first kappa shape index (κ1) is 17.3. The number of esters is 1. The van der Waals surface area contributed by atoms with E-state index in [-0.39, 0.29) is 12.5 Å². The lowest BCUT2D eigenvalue weighted by Gasteiger charge is -2.09. The molecular weight excluding hydrogens is 316 g/mol. The van der Waals surface area contributed by atoms with Gasteiger partial charge in [-0.1, -0.05) is 19.1 Å². The van der Waals surface area contributed by atoms with Gasteiger partial charge in [-0.25, -0.2) is 4.79 Å². The van der Waals surface area contributed by atoms with Crippen LogP contribution in [-0.2, 0) is 16.0 Å². The van der Waals surface area contributed by atoms with Crippen LogP contribution in [0.1, 0.15) is 53.1 Å². The Morgan fingerprint density at radius 2 is 2.00 bits per heavy atom. The average molecular weight is 340 g/mol. The number of rotatable bonds is 6. The van der Waals surface area contributed by atoms with Crippen molar-refractivity contribution >= 4 is 17.6 Å². The van der Waals surface area contributed by atoms with Crippen molar-refractivity contribution in [2.75, 3.05) is 11.9 Å². The third kappa shape index (κ3) is 3.92. The maximum Gasteiger partial charge on any atom is 0.340 e. The Labute approximate surface area is 148 Å². The predicted octanol–water partition coefficient (Wildman–Crippen LogP) is 3.80. The summed E-state index contributed by atoms with van der Waals surface area (Å²) in [5, 5.41) is 2.76. The first-order chi connectivity index (χ1) is 12.0. The van der Waals surface area contributed by atoms with E-state index in [0.717, 1.165) is 36.2 Å². The van der Waals surface area contributed by atoms with Crippen LogP contribution in [0.5, 0.6) is 0 Å².